The fourth-order valence-corrected chi connectivity index (χ4v) is 2.06. The van der Waals surface area contributed by atoms with Crippen LogP contribution in [0.2, 0.25) is 0 Å². The molecular weight excluding hydrogens is 232 g/mol. The average Bonchev–Trinajstić information content (AvgIpc) is 2.88. The minimum absolute atomic E-state index is 0.249. The summed E-state index contributed by atoms with van der Waals surface area (Å²) in [5.74, 6) is -0.307. The summed E-state index contributed by atoms with van der Waals surface area (Å²) in [6, 6.07) is 8.70. The first-order chi connectivity index (χ1) is 8.66. The molecule has 0 bridgehead atoms. The molecule has 0 fully saturated rings. The lowest BCUT2D eigenvalue weighted by atomic mass is 10.1. The Morgan fingerprint density at radius 3 is 2.78 bits per heavy atom. The predicted octanol–water partition coefficient (Wildman–Crippen LogP) is 1.71. The molecule has 0 spiro atoms. The Hall–Kier alpha value is -2.43. The number of rotatable bonds is 2. The summed E-state index contributed by atoms with van der Waals surface area (Å²) in [7, 11) is 0. The first-order valence-corrected chi connectivity index (χ1v) is 5.54. The van der Waals surface area contributed by atoms with Crippen LogP contribution in [0.25, 0.3) is 0 Å². The quantitative estimate of drug-likeness (QED) is 0.752. The van der Waals surface area contributed by atoms with Gasteiger partial charge in [0, 0.05) is 6.07 Å². The summed E-state index contributed by atoms with van der Waals surface area (Å²) >= 11 is 0. The second kappa shape index (κ2) is 3.80. The Morgan fingerprint density at radius 2 is 2.06 bits per heavy atom. The van der Waals surface area contributed by atoms with Gasteiger partial charge in [0.1, 0.15) is 11.5 Å². The van der Waals surface area contributed by atoms with Crippen LogP contribution >= 0.6 is 0 Å². The van der Waals surface area contributed by atoms with Gasteiger partial charge in [0.05, 0.1) is 17.8 Å². The number of para-hydroxylation sites is 1. The van der Waals surface area contributed by atoms with Crippen LogP contribution in [-0.2, 0) is 11.3 Å². The Bertz CT molecular complexity index is 645. The first kappa shape index (κ1) is 10.7. The molecule has 1 amide bonds. The molecule has 1 aliphatic heterocycles. The molecule has 0 unspecified atom stereocenters. The Kier molecular flexibility index (Phi) is 2.26. The van der Waals surface area contributed by atoms with E-state index in [9.17, 15) is 9.59 Å². The van der Waals surface area contributed by atoms with Crippen molar-refractivity contribution >= 4 is 17.4 Å². The van der Waals surface area contributed by atoms with E-state index in [1.54, 1.807) is 37.3 Å². The van der Waals surface area contributed by atoms with E-state index in [2.05, 4.69) is 5.16 Å². The zero-order chi connectivity index (χ0) is 12.7. The number of carbonyl (C=O) groups excluding carboxylic acids is 2. The molecule has 0 saturated heterocycles. The summed E-state index contributed by atoms with van der Waals surface area (Å²) in [6.07, 6.45) is 0. The number of aryl methyl sites for hydroxylation is 1. The lowest BCUT2D eigenvalue weighted by Crippen LogP contribution is -2.29. The van der Waals surface area contributed by atoms with Gasteiger partial charge in [0.2, 0.25) is 0 Å². The minimum atomic E-state index is -0.517. The Balaban J connectivity index is 1.98. The van der Waals surface area contributed by atoms with Crippen molar-refractivity contribution in [1.29, 1.82) is 0 Å². The van der Waals surface area contributed by atoms with Gasteiger partial charge in [-0.05, 0) is 19.1 Å². The van der Waals surface area contributed by atoms with E-state index in [0.717, 1.165) is 0 Å². The van der Waals surface area contributed by atoms with Gasteiger partial charge in [-0.2, -0.15) is 0 Å². The molecule has 0 aliphatic carbocycles. The van der Waals surface area contributed by atoms with Crippen LogP contribution in [0.3, 0.4) is 0 Å². The van der Waals surface area contributed by atoms with Gasteiger partial charge >= 0.3 is 0 Å². The van der Waals surface area contributed by atoms with E-state index in [-0.39, 0.29) is 6.54 Å². The topological polar surface area (TPSA) is 63.4 Å². The number of hydrogen-bond acceptors (Lipinski definition) is 4. The second-order valence-electron chi connectivity index (χ2n) is 4.17. The molecule has 3 rings (SSSR count). The van der Waals surface area contributed by atoms with Gasteiger partial charge in [-0.1, -0.05) is 17.3 Å². The molecule has 18 heavy (non-hydrogen) atoms. The van der Waals surface area contributed by atoms with Gasteiger partial charge in [0.15, 0.2) is 0 Å². The van der Waals surface area contributed by atoms with Crippen molar-refractivity contribution in [3.05, 3.63) is 47.3 Å². The smallest absolute Gasteiger partial charge is 0.299 e. The molecule has 1 aromatic heterocycles. The molecule has 0 N–H and O–H groups in total. The van der Waals surface area contributed by atoms with Gasteiger partial charge < -0.3 is 4.52 Å². The monoisotopic (exact) mass is 242 g/mol. The van der Waals surface area contributed by atoms with Gasteiger partial charge in [0.25, 0.3) is 11.7 Å². The van der Waals surface area contributed by atoms with E-state index in [0.29, 0.717) is 22.7 Å². The molecule has 90 valence electrons. The third-order valence-electron chi connectivity index (χ3n) is 2.88. The van der Waals surface area contributed by atoms with Crippen molar-refractivity contribution in [2.24, 2.45) is 0 Å². The van der Waals surface area contributed by atoms with Crippen LogP contribution in [0.1, 0.15) is 21.8 Å². The maximum atomic E-state index is 11.9. The maximum Gasteiger partial charge on any atom is 0.299 e. The number of nitrogens with zero attached hydrogens (tertiary/aromatic N) is 2. The molecule has 0 radical (unpaired) electrons. The van der Waals surface area contributed by atoms with Gasteiger partial charge in [-0.15, -0.1) is 0 Å². The van der Waals surface area contributed by atoms with Crippen LogP contribution in [0.4, 0.5) is 5.69 Å². The number of anilines is 1. The van der Waals surface area contributed by atoms with Crippen molar-refractivity contribution < 1.29 is 14.1 Å². The van der Waals surface area contributed by atoms with E-state index in [1.165, 1.54) is 4.90 Å². The predicted molar refractivity (Wildman–Crippen MR) is 63.2 cm³/mol. The van der Waals surface area contributed by atoms with Crippen molar-refractivity contribution in [3.8, 4) is 0 Å². The van der Waals surface area contributed by atoms with Crippen molar-refractivity contribution in [2.45, 2.75) is 13.5 Å². The van der Waals surface area contributed by atoms with Crippen molar-refractivity contribution in [2.75, 3.05) is 4.90 Å². The van der Waals surface area contributed by atoms with Crippen LogP contribution < -0.4 is 4.90 Å². The Morgan fingerprint density at radius 1 is 1.28 bits per heavy atom. The van der Waals surface area contributed by atoms with E-state index in [1.807, 2.05) is 0 Å². The lowest BCUT2D eigenvalue weighted by molar-refractivity contribution is -0.114. The van der Waals surface area contributed by atoms with Crippen LogP contribution in [0, 0.1) is 6.92 Å². The first-order valence-electron chi connectivity index (χ1n) is 5.54. The maximum absolute atomic E-state index is 11.9. The highest BCUT2D eigenvalue weighted by molar-refractivity contribution is 6.52. The summed E-state index contributed by atoms with van der Waals surface area (Å²) in [5, 5.41) is 3.83. The number of amides is 1. The summed E-state index contributed by atoms with van der Waals surface area (Å²) in [4.78, 5) is 25.1. The number of hydrogen-bond donors (Lipinski definition) is 0. The summed E-state index contributed by atoms with van der Waals surface area (Å²) in [6.45, 7) is 2.03. The van der Waals surface area contributed by atoms with E-state index in [4.69, 9.17) is 4.52 Å². The molecule has 2 aromatic rings. The number of benzene rings is 1. The lowest BCUT2D eigenvalue weighted by Gasteiger charge is -2.14. The van der Waals surface area contributed by atoms with Gasteiger partial charge in [-0.3, -0.25) is 14.5 Å². The molecule has 0 saturated carbocycles. The van der Waals surface area contributed by atoms with Crippen molar-refractivity contribution in [1.82, 2.24) is 5.16 Å². The fourth-order valence-electron chi connectivity index (χ4n) is 2.06. The highest BCUT2D eigenvalue weighted by Crippen LogP contribution is 2.29. The average molecular weight is 242 g/mol. The highest BCUT2D eigenvalue weighted by Gasteiger charge is 2.35. The number of ketones is 1. The molecule has 1 aliphatic rings. The SMILES string of the molecule is Cc1cc(CN2C(=O)C(=O)c3ccccc32)no1. The number of carbonyl (C=O) groups is 2. The summed E-state index contributed by atoms with van der Waals surface area (Å²) in [5.41, 5.74) is 1.71. The van der Waals surface area contributed by atoms with E-state index < -0.39 is 11.7 Å². The molecule has 0 atom stereocenters. The molecule has 5 heteroatoms. The normalized spacial score (nSPS) is 14.2. The number of fused-ring (bicyclic) bond motifs is 1. The number of aromatic nitrogens is 1. The van der Waals surface area contributed by atoms with Crippen molar-refractivity contribution in [3.63, 3.8) is 0 Å². The molecular formula is C13H10N2O3. The highest BCUT2D eigenvalue weighted by atomic mass is 16.5. The summed E-state index contributed by atoms with van der Waals surface area (Å²) < 4.78 is 4.95. The number of Topliss-reactive ketones (excluding diaryl/α,β-unsaturated/α-hetero) is 1. The molecule has 1 aromatic carbocycles. The second-order valence-corrected chi connectivity index (χ2v) is 4.17. The third kappa shape index (κ3) is 1.52. The van der Waals surface area contributed by atoms with Crippen LogP contribution in [-0.4, -0.2) is 16.8 Å². The van der Waals surface area contributed by atoms with Crippen LogP contribution in [0.15, 0.2) is 34.9 Å². The van der Waals surface area contributed by atoms with Gasteiger partial charge in [-0.25, -0.2) is 0 Å². The standard InChI is InChI=1S/C13H10N2O3/c1-8-6-9(14-18-8)7-15-11-5-3-2-4-10(11)12(16)13(15)17/h2-6H,7H2,1H3. The molecule has 2 heterocycles. The molecule has 5 nitrogen and oxygen atoms in total. The fraction of sp³-hybridized carbons (Fsp3) is 0.154. The van der Waals surface area contributed by atoms with E-state index >= 15 is 0 Å². The van der Waals surface area contributed by atoms with Crippen LogP contribution in [0.5, 0.6) is 0 Å². The minimum Gasteiger partial charge on any atom is -0.361 e. The zero-order valence-electron chi connectivity index (χ0n) is 9.71. The zero-order valence-corrected chi connectivity index (χ0v) is 9.71. The third-order valence-corrected chi connectivity index (χ3v) is 2.88. The Labute approximate surface area is 103 Å². The largest absolute Gasteiger partial charge is 0.361 e.